The smallest absolute Gasteiger partial charge is 0.264 e. The molecule has 120 valence electrons. The summed E-state index contributed by atoms with van der Waals surface area (Å²) in [6.45, 7) is 0. The minimum atomic E-state index is -0.199. The Morgan fingerprint density at radius 2 is 1.50 bits per heavy atom. The summed E-state index contributed by atoms with van der Waals surface area (Å²) >= 11 is 12.9. The molecule has 0 spiro atoms. The van der Waals surface area contributed by atoms with Crippen LogP contribution in [0.15, 0.2) is 63.6 Å². The Labute approximate surface area is 153 Å². The van der Waals surface area contributed by atoms with Crippen LogP contribution < -0.4 is 5.32 Å². The van der Waals surface area contributed by atoms with Crippen molar-refractivity contribution in [3.05, 3.63) is 74.6 Å². The molecule has 1 aliphatic rings. The molecule has 0 saturated carbocycles. The van der Waals surface area contributed by atoms with Crippen LogP contribution in [0.2, 0.25) is 10.0 Å². The highest BCUT2D eigenvalue weighted by Crippen LogP contribution is 2.26. The lowest BCUT2D eigenvalue weighted by Crippen LogP contribution is -2.19. The average molecular weight is 376 g/mol. The Hall–Kier alpha value is -2.08. The molecule has 1 aliphatic heterocycles. The lowest BCUT2D eigenvalue weighted by Gasteiger charge is -1.94. The number of thioether (sulfide) groups is 1. The van der Waals surface area contributed by atoms with E-state index in [2.05, 4.69) is 15.5 Å². The lowest BCUT2D eigenvalue weighted by atomic mass is 10.2. The normalized spacial score (nSPS) is 17.8. The molecule has 1 saturated heterocycles. The van der Waals surface area contributed by atoms with E-state index in [0.717, 1.165) is 11.1 Å². The van der Waals surface area contributed by atoms with Crippen LogP contribution in [0.5, 0.6) is 0 Å². The minimum Gasteiger partial charge on any atom is -0.299 e. The molecule has 0 atom stereocenters. The Morgan fingerprint density at radius 3 is 2.12 bits per heavy atom. The van der Waals surface area contributed by atoms with E-state index in [1.165, 1.54) is 11.8 Å². The number of nitrogens with zero attached hydrogens (tertiary/aromatic N) is 2. The third-order valence-corrected chi connectivity index (χ3v) is 4.45. The predicted octanol–water partition coefficient (Wildman–Crippen LogP) is 4.59. The van der Waals surface area contributed by atoms with Crippen molar-refractivity contribution in [2.45, 2.75) is 0 Å². The van der Waals surface area contributed by atoms with Crippen molar-refractivity contribution in [1.82, 2.24) is 5.32 Å². The van der Waals surface area contributed by atoms with Crippen LogP contribution in [0.3, 0.4) is 0 Å². The van der Waals surface area contributed by atoms with Crippen molar-refractivity contribution in [3.8, 4) is 0 Å². The maximum atomic E-state index is 12.0. The molecule has 2 aromatic carbocycles. The van der Waals surface area contributed by atoms with Crippen LogP contribution in [0.1, 0.15) is 11.1 Å². The largest absolute Gasteiger partial charge is 0.299 e. The van der Waals surface area contributed by atoms with Crippen molar-refractivity contribution >= 4 is 58.3 Å². The van der Waals surface area contributed by atoms with E-state index < -0.39 is 0 Å². The van der Waals surface area contributed by atoms with Crippen LogP contribution >= 0.6 is 35.0 Å². The van der Waals surface area contributed by atoms with E-state index in [-0.39, 0.29) is 5.91 Å². The first kappa shape index (κ1) is 16.8. The van der Waals surface area contributed by atoms with Crippen molar-refractivity contribution in [3.63, 3.8) is 0 Å². The van der Waals surface area contributed by atoms with Crippen molar-refractivity contribution in [1.29, 1.82) is 0 Å². The first-order valence-electron chi connectivity index (χ1n) is 6.93. The fraction of sp³-hybridized carbons (Fsp3) is 0. The van der Waals surface area contributed by atoms with Crippen LogP contribution in [0.25, 0.3) is 6.08 Å². The maximum Gasteiger partial charge on any atom is 0.264 e. The first-order valence-corrected chi connectivity index (χ1v) is 8.50. The van der Waals surface area contributed by atoms with Gasteiger partial charge in [0.25, 0.3) is 5.91 Å². The number of nitrogens with one attached hydrogen (secondary N) is 1. The third-order valence-electron chi connectivity index (χ3n) is 3.04. The van der Waals surface area contributed by atoms with Crippen LogP contribution in [0.4, 0.5) is 0 Å². The molecule has 1 heterocycles. The Bertz CT molecular complexity index is 843. The maximum absolute atomic E-state index is 12.0. The van der Waals surface area contributed by atoms with Gasteiger partial charge in [0.05, 0.1) is 11.1 Å². The summed E-state index contributed by atoms with van der Waals surface area (Å²) in [5.41, 5.74) is 1.76. The summed E-state index contributed by atoms with van der Waals surface area (Å²) in [6, 6.07) is 14.4. The molecule has 3 rings (SSSR count). The Kier molecular flexibility index (Phi) is 5.35. The summed E-state index contributed by atoms with van der Waals surface area (Å²) in [5.74, 6) is -0.199. The standard InChI is InChI=1S/C17H11Cl2N3OS/c18-13-5-1-11(2-6-13)9-15-16(23)21-17(24-15)22-20-10-12-3-7-14(19)8-4-12/h1-10H,(H,21,22,23)/b15-9+,20-10+. The van der Waals surface area contributed by atoms with Gasteiger partial charge in [0, 0.05) is 10.0 Å². The van der Waals surface area contributed by atoms with Crippen molar-refractivity contribution in [2.75, 3.05) is 0 Å². The topological polar surface area (TPSA) is 53.8 Å². The van der Waals surface area contributed by atoms with Crippen LogP contribution in [-0.4, -0.2) is 17.3 Å². The number of hydrogen-bond acceptors (Lipinski definition) is 4. The Morgan fingerprint density at radius 1 is 0.917 bits per heavy atom. The van der Waals surface area contributed by atoms with Gasteiger partial charge in [-0.3, -0.25) is 10.1 Å². The number of rotatable bonds is 3. The van der Waals surface area contributed by atoms with E-state index in [1.807, 2.05) is 24.3 Å². The Balaban J connectivity index is 1.69. The molecule has 1 amide bonds. The van der Waals surface area contributed by atoms with Gasteiger partial charge in [0.2, 0.25) is 0 Å². The van der Waals surface area contributed by atoms with E-state index in [4.69, 9.17) is 23.2 Å². The number of carbonyl (C=O) groups is 1. The fourth-order valence-electron chi connectivity index (χ4n) is 1.88. The summed E-state index contributed by atoms with van der Waals surface area (Å²) in [6.07, 6.45) is 3.37. The molecule has 0 bridgehead atoms. The summed E-state index contributed by atoms with van der Waals surface area (Å²) < 4.78 is 0. The molecular formula is C17H11Cl2N3OS. The number of halogens is 2. The van der Waals surface area contributed by atoms with E-state index >= 15 is 0 Å². The molecule has 2 aromatic rings. The second-order valence-corrected chi connectivity index (χ2v) is 6.72. The monoisotopic (exact) mass is 375 g/mol. The highest BCUT2D eigenvalue weighted by atomic mass is 35.5. The highest BCUT2D eigenvalue weighted by molar-refractivity contribution is 8.18. The molecule has 0 aromatic heterocycles. The second-order valence-electron chi connectivity index (χ2n) is 4.82. The predicted molar refractivity (Wildman–Crippen MR) is 102 cm³/mol. The fourth-order valence-corrected chi connectivity index (χ4v) is 2.91. The zero-order valence-electron chi connectivity index (χ0n) is 12.2. The van der Waals surface area contributed by atoms with E-state index in [1.54, 1.807) is 36.6 Å². The number of amidine groups is 1. The summed E-state index contributed by atoms with van der Waals surface area (Å²) in [7, 11) is 0. The van der Waals surface area contributed by atoms with Gasteiger partial charge in [-0.05, 0) is 53.2 Å². The van der Waals surface area contributed by atoms with Gasteiger partial charge >= 0.3 is 0 Å². The molecule has 0 radical (unpaired) electrons. The van der Waals surface area contributed by atoms with E-state index in [0.29, 0.717) is 20.1 Å². The first-order chi connectivity index (χ1) is 11.6. The van der Waals surface area contributed by atoms with Crippen molar-refractivity contribution < 1.29 is 4.79 Å². The van der Waals surface area contributed by atoms with Gasteiger partial charge < -0.3 is 0 Å². The van der Waals surface area contributed by atoms with Gasteiger partial charge in [0.15, 0.2) is 5.17 Å². The van der Waals surface area contributed by atoms with Crippen LogP contribution in [-0.2, 0) is 4.79 Å². The van der Waals surface area contributed by atoms with Crippen molar-refractivity contribution in [2.24, 2.45) is 10.2 Å². The molecular weight excluding hydrogens is 365 g/mol. The highest BCUT2D eigenvalue weighted by Gasteiger charge is 2.23. The van der Waals surface area contributed by atoms with Gasteiger partial charge in [-0.1, -0.05) is 47.5 Å². The molecule has 24 heavy (non-hydrogen) atoms. The SMILES string of the molecule is O=C1NC(=N/N=C/c2ccc(Cl)cc2)S/C1=C/c1ccc(Cl)cc1. The molecule has 1 N–H and O–H groups in total. The second kappa shape index (κ2) is 7.66. The number of benzene rings is 2. The average Bonchev–Trinajstić information content (AvgIpc) is 2.91. The third kappa shape index (κ3) is 4.47. The van der Waals surface area contributed by atoms with Gasteiger partial charge in [-0.15, -0.1) is 5.10 Å². The van der Waals surface area contributed by atoms with Gasteiger partial charge in [-0.2, -0.15) is 5.10 Å². The summed E-state index contributed by atoms with van der Waals surface area (Å²) in [5, 5.41) is 12.4. The zero-order chi connectivity index (χ0) is 16.9. The minimum absolute atomic E-state index is 0.199. The lowest BCUT2D eigenvalue weighted by molar-refractivity contribution is -0.115. The van der Waals surface area contributed by atoms with Gasteiger partial charge in [-0.25, -0.2) is 0 Å². The number of hydrogen-bond donors (Lipinski definition) is 1. The van der Waals surface area contributed by atoms with E-state index in [9.17, 15) is 4.79 Å². The number of amides is 1. The quantitative estimate of drug-likeness (QED) is 0.484. The number of carbonyl (C=O) groups excluding carboxylic acids is 1. The molecule has 1 fully saturated rings. The molecule has 0 unspecified atom stereocenters. The molecule has 0 aliphatic carbocycles. The molecule has 7 heteroatoms. The van der Waals surface area contributed by atoms with Gasteiger partial charge in [0.1, 0.15) is 0 Å². The molecule has 4 nitrogen and oxygen atoms in total. The van der Waals surface area contributed by atoms with Crippen LogP contribution in [0, 0.1) is 0 Å². The summed E-state index contributed by atoms with van der Waals surface area (Å²) in [4.78, 5) is 12.5. The zero-order valence-corrected chi connectivity index (χ0v) is 14.6.